The second-order valence-electron chi connectivity index (χ2n) is 8.52. The van der Waals surface area contributed by atoms with Crippen molar-refractivity contribution >= 4 is 12.1 Å². The van der Waals surface area contributed by atoms with Gasteiger partial charge < -0.3 is 5.32 Å². The van der Waals surface area contributed by atoms with Gasteiger partial charge in [0.1, 0.15) is 0 Å². The number of carbonyl (C=O) groups is 1. The third kappa shape index (κ3) is 3.78. The molecule has 0 bridgehead atoms. The summed E-state index contributed by atoms with van der Waals surface area (Å²) in [7, 11) is 0. The normalized spacial score (nSPS) is 21.9. The Morgan fingerprint density at radius 3 is 2.68 bits per heavy atom. The second kappa shape index (κ2) is 8.10. The quantitative estimate of drug-likeness (QED) is 0.657. The molecule has 158 valence electrons. The number of carbonyl (C=O) groups excluding carboxylic acids is 1. The topological polar surface area (TPSA) is 72.2 Å². The highest BCUT2D eigenvalue weighted by molar-refractivity contribution is 5.87. The Balaban J connectivity index is 1.34. The van der Waals surface area contributed by atoms with Gasteiger partial charge in [0, 0.05) is 24.2 Å². The van der Waals surface area contributed by atoms with E-state index in [2.05, 4.69) is 70.0 Å². The molecule has 0 radical (unpaired) electrons. The lowest BCUT2D eigenvalue weighted by molar-refractivity contribution is -0.121. The van der Waals surface area contributed by atoms with E-state index >= 15 is 0 Å². The summed E-state index contributed by atoms with van der Waals surface area (Å²) in [5.41, 5.74) is 7.01. The molecule has 0 spiro atoms. The summed E-state index contributed by atoms with van der Waals surface area (Å²) in [5, 5.41) is 11.7. The molecule has 3 aromatic rings. The van der Waals surface area contributed by atoms with Gasteiger partial charge >= 0.3 is 0 Å². The highest BCUT2D eigenvalue weighted by Gasteiger charge is 2.29. The minimum Gasteiger partial charge on any atom is -0.353 e. The second-order valence-corrected chi connectivity index (χ2v) is 8.52. The van der Waals surface area contributed by atoms with Crippen molar-refractivity contribution in [1.29, 1.82) is 0 Å². The number of aromatic nitrogens is 3. The van der Waals surface area contributed by atoms with Gasteiger partial charge in [-0.25, -0.2) is 4.68 Å². The van der Waals surface area contributed by atoms with E-state index in [0.29, 0.717) is 6.42 Å². The zero-order valence-corrected chi connectivity index (χ0v) is 18.0. The molecule has 1 amide bonds. The number of hydrogen-bond donors (Lipinski definition) is 1. The Morgan fingerprint density at radius 2 is 1.87 bits per heavy atom. The van der Waals surface area contributed by atoms with Crippen LogP contribution in [0.15, 0.2) is 53.7 Å². The molecule has 2 aliphatic rings. The van der Waals surface area contributed by atoms with Crippen molar-refractivity contribution in [3.05, 3.63) is 59.8 Å². The lowest BCUT2D eigenvalue weighted by Gasteiger charge is -2.15. The van der Waals surface area contributed by atoms with E-state index in [1.807, 2.05) is 24.0 Å². The van der Waals surface area contributed by atoms with Crippen LogP contribution in [0.25, 0.3) is 22.4 Å². The average Bonchev–Trinajstić information content (AvgIpc) is 3.54. The number of fused-ring (bicyclic) bond motifs is 1. The molecule has 0 saturated heterocycles. The molecule has 1 fully saturated rings. The van der Waals surface area contributed by atoms with Crippen molar-refractivity contribution < 1.29 is 4.79 Å². The van der Waals surface area contributed by atoms with Crippen LogP contribution in [0.3, 0.4) is 0 Å². The van der Waals surface area contributed by atoms with Gasteiger partial charge in [-0.3, -0.25) is 9.79 Å². The van der Waals surface area contributed by atoms with Crippen LogP contribution < -0.4 is 5.32 Å². The van der Waals surface area contributed by atoms with E-state index < -0.39 is 0 Å². The van der Waals surface area contributed by atoms with Crippen LogP contribution in [0, 0.1) is 0 Å². The van der Waals surface area contributed by atoms with E-state index in [4.69, 9.17) is 0 Å². The first-order valence-corrected chi connectivity index (χ1v) is 11.1. The molecule has 1 aliphatic carbocycles. The molecule has 6 heteroatoms. The van der Waals surface area contributed by atoms with Gasteiger partial charge in [-0.2, -0.15) is 0 Å². The summed E-state index contributed by atoms with van der Waals surface area (Å²) < 4.78 is 2.03. The summed E-state index contributed by atoms with van der Waals surface area (Å²) in [5.74, 6) is 0.118. The SMILES string of the molecule is CCC(=O)N[C@H]1CC[C@@H](n2nncc2-c2ccc(-c3ccc4c(c3)C=NC4C)cc2)C1. The Hall–Kier alpha value is -3.28. The van der Waals surface area contributed by atoms with Crippen LogP contribution in [0.2, 0.25) is 0 Å². The first kappa shape index (κ1) is 19.7. The maximum atomic E-state index is 11.7. The van der Waals surface area contributed by atoms with Gasteiger partial charge in [-0.1, -0.05) is 48.5 Å². The highest BCUT2D eigenvalue weighted by Crippen LogP contribution is 2.34. The van der Waals surface area contributed by atoms with Crippen molar-refractivity contribution in [2.24, 2.45) is 4.99 Å². The third-order valence-electron chi connectivity index (χ3n) is 6.50. The molecule has 6 nitrogen and oxygen atoms in total. The molecule has 3 atom stereocenters. The van der Waals surface area contributed by atoms with Crippen molar-refractivity contribution in [2.45, 2.75) is 57.7 Å². The van der Waals surface area contributed by atoms with Crippen LogP contribution in [0.5, 0.6) is 0 Å². The summed E-state index contributed by atoms with van der Waals surface area (Å²) in [6.07, 6.45) is 7.21. The summed E-state index contributed by atoms with van der Waals surface area (Å²) >= 11 is 0. The molecule has 5 rings (SSSR count). The predicted molar refractivity (Wildman–Crippen MR) is 122 cm³/mol. The molecule has 1 unspecified atom stereocenters. The van der Waals surface area contributed by atoms with Crippen molar-refractivity contribution in [3.8, 4) is 22.4 Å². The number of hydrogen-bond acceptors (Lipinski definition) is 4. The van der Waals surface area contributed by atoms with Crippen LogP contribution in [-0.2, 0) is 4.79 Å². The molecule has 1 aliphatic heterocycles. The zero-order chi connectivity index (χ0) is 21.4. The lowest BCUT2D eigenvalue weighted by Crippen LogP contribution is -2.32. The van der Waals surface area contributed by atoms with Crippen LogP contribution in [-0.4, -0.2) is 33.2 Å². The molecular weight excluding hydrogens is 386 g/mol. The van der Waals surface area contributed by atoms with Gasteiger partial charge in [0.15, 0.2) is 0 Å². The summed E-state index contributed by atoms with van der Waals surface area (Å²) in [6.45, 7) is 4.01. The molecule has 2 aromatic carbocycles. The first-order chi connectivity index (χ1) is 15.1. The molecule has 2 heterocycles. The largest absolute Gasteiger partial charge is 0.353 e. The van der Waals surface area contributed by atoms with Gasteiger partial charge in [-0.05, 0) is 54.5 Å². The minimum atomic E-state index is 0.118. The maximum Gasteiger partial charge on any atom is 0.219 e. The number of nitrogens with one attached hydrogen (secondary N) is 1. The van der Waals surface area contributed by atoms with E-state index in [0.717, 1.165) is 30.5 Å². The molecular formula is C25H27N5O. The summed E-state index contributed by atoms with van der Waals surface area (Å²) in [6, 6.07) is 15.9. The maximum absolute atomic E-state index is 11.7. The van der Waals surface area contributed by atoms with Crippen LogP contribution in [0.4, 0.5) is 0 Å². The zero-order valence-electron chi connectivity index (χ0n) is 18.0. The Kier molecular flexibility index (Phi) is 5.14. The lowest BCUT2D eigenvalue weighted by atomic mass is 9.97. The molecule has 1 saturated carbocycles. The fraction of sp³-hybridized carbons (Fsp3) is 0.360. The standard InChI is InChI=1S/C25H27N5O/c1-3-25(31)28-21-9-10-22(13-21)30-24(15-27-29-30)18-6-4-17(5-7-18)19-8-11-23-16(2)26-14-20(23)12-19/h4-8,11-12,14-16,21-22H,3,9-10,13H2,1-2H3,(H,28,31)/t16?,21-,22+/m0/s1. The number of benzene rings is 2. The van der Waals surface area contributed by atoms with Crippen LogP contribution in [0.1, 0.15) is 62.7 Å². The minimum absolute atomic E-state index is 0.118. The highest BCUT2D eigenvalue weighted by atomic mass is 16.1. The Bertz CT molecular complexity index is 1130. The van der Waals surface area contributed by atoms with Gasteiger partial charge in [0.05, 0.1) is 24.0 Å². The van der Waals surface area contributed by atoms with E-state index in [9.17, 15) is 4.79 Å². The fourth-order valence-electron chi connectivity index (χ4n) is 4.71. The Labute approximate surface area is 182 Å². The number of rotatable bonds is 5. The molecule has 31 heavy (non-hydrogen) atoms. The van der Waals surface area contributed by atoms with Gasteiger partial charge in [0.2, 0.25) is 5.91 Å². The Morgan fingerprint density at radius 1 is 1.10 bits per heavy atom. The number of amides is 1. The van der Waals surface area contributed by atoms with Gasteiger partial charge in [0.25, 0.3) is 0 Å². The monoisotopic (exact) mass is 413 g/mol. The molecule has 1 aromatic heterocycles. The third-order valence-corrected chi connectivity index (χ3v) is 6.50. The van der Waals surface area contributed by atoms with E-state index in [1.165, 1.54) is 22.3 Å². The van der Waals surface area contributed by atoms with E-state index in [1.54, 1.807) is 0 Å². The van der Waals surface area contributed by atoms with Crippen molar-refractivity contribution in [1.82, 2.24) is 20.3 Å². The summed E-state index contributed by atoms with van der Waals surface area (Å²) in [4.78, 5) is 16.2. The van der Waals surface area contributed by atoms with Crippen molar-refractivity contribution in [2.75, 3.05) is 0 Å². The smallest absolute Gasteiger partial charge is 0.219 e. The van der Waals surface area contributed by atoms with Crippen molar-refractivity contribution in [3.63, 3.8) is 0 Å². The van der Waals surface area contributed by atoms with Crippen LogP contribution >= 0.6 is 0 Å². The predicted octanol–water partition coefficient (Wildman–Crippen LogP) is 4.73. The number of nitrogens with zero attached hydrogens (tertiary/aromatic N) is 4. The average molecular weight is 414 g/mol. The fourth-order valence-corrected chi connectivity index (χ4v) is 4.71. The van der Waals surface area contributed by atoms with Gasteiger partial charge in [-0.15, -0.1) is 5.10 Å². The number of aliphatic imine (C=N–C) groups is 1. The molecule has 1 N–H and O–H groups in total. The van der Waals surface area contributed by atoms with E-state index in [-0.39, 0.29) is 24.0 Å². The first-order valence-electron chi connectivity index (χ1n) is 11.1.